The molecule has 0 radical (unpaired) electrons. The summed E-state index contributed by atoms with van der Waals surface area (Å²) >= 11 is 0. The van der Waals surface area contributed by atoms with Gasteiger partial charge >= 0.3 is 5.97 Å². The lowest BCUT2D eigenvalue weighted by atomic mass is 10.2. The second kappa shape index (κ2) is 4.66. The molecule has 0 fully saturated rings. The second-order valence-electron chi connectivity index (χ2n) is 2.42. The van der Waals surface area contributed by atoms with Crippen molar-refractivity contribution in [3.63, 3.8) is 0 Å². The van der Waals surface area contributed by atoms with Crippen molar-refractivity contribution in [1.29, 1.82) is 0 Å². The Labute approximate surface area is 80.2 Å². The second-order valence-corrected chi connectivity index (χ2v) is 2.83. The van der Waals surface area contributed by atoms with Crippen molar-refractivity contribution < 1.29 is 14.0 Å². The van der Waals surface area contributed by atoms with Crippen molar-refractivity contribution in [2.45, 2.75) is 6.92 Å². The first kappa shape index (κ1) is 9.79. The molecular weight excluding hydrogens is 184 g/mol. The maximum absolute atomic E-state index is 11.2. The molecule has 0 saturated heterocycles. The van der Waals surface area contributed by atoms with E-state index in [-0.39, 0.29) is 5.97 Å². The summed E-state index contributed by atoms with van der Waals surface area (Å²) < 4.78 is 10.0. The number of ether oxygens (including phenoxy) is 1. The Balaban J connectivity index is 2.97. The topological polar surface area (TPSA) is 35.5 Å². The van der Waals surface area contributed by atoms with Gasteiger partial charge in [-0.1, -0.05) is 12.1 Å². The van der Waals surface area contributed by atoms with Gasteiger partial charge in [0.15, 0.2) is 0 Å². The smallest absolute Gasteiger partial charge is 0.327 e. The van der Waals surface area contributed by atoms with E-state index in [1.54, 1.807) is 18.2 Å². The SMILES string of the molecule is CCOc1ccccc1C(=O)O[SiH3]. The highest BCUT2D eigenvalue weighted by Gasteiger charge is 2.10. The molecule has 0 aliphatic rings. The minimum atomic E-state index is -0.310. The largest absolute Gasteiger partial charge is 0.525 e. The van der Waals surface area contributed by atoms with Crippen LogP contribution in [-0.2, 0) is 4.43 Å². The third-order valence-corrected chi connectivity index (χ3v) is 1.96. The Morgan fingerprint density at radius 1 is 1.46 bits per heavy atom. The van der Waals surface area contributed by atoms with E-state index >= 15 is 0 Å². The number of hydrogen-bond donors (Lipinski definition) is 0. The van der Waals surface area contributed by atoms with Gasteiger partial charge in [0.1, 0.15) is 11.3 Å². The van der Waals surface area contributed by atoms with Crippen molar-refractivity contribution in [3.05, 3.63) is 29.8 Å². The molecule has 0 amide bonds. The molecule has 0 saturated carbocycles. The van der Waals surface area contributed by atoms with E-state index in [4.69, 9.17) is 9.16 Å². The van der Waals surface area contributed by atoms with Crippen LogP contribution in [0.5, 0.6) is 5.75 Å². The van der Waals surface area contributed by atoms with Gasteiger partial charge in [0.2, 0.25) is 10.5 Å². The fourth-order valence-corrected chi connectivity index (χ4v) is 1.25. The standard InChI is InChI=1S/C9H12O3Si/c1-2-11-8-6-4-3-5-7(8)9(10)12-13/h3-6H,2H2,1,13H3. The number of carbonyl (C=O) groups is 1. The van der Waals surface area contributed by atoms with Crippen LogP contribution in [0.1, 0.15) is 17.3 Å². The van der Waals surface area contributed by atoms with Gasteiger partial charge in [-0.25, -0.2) is 4.79 Å². The predicted octanol–water partition coefficient (Wildman–Crippen LogP) is 0.522. The molecule has 0 heterocycles. The van der Waals surface area contributed by atoms with Crippen LogP contribution in [0.15, 0.2) is 24.3 Å². The molecule has 0 bridgehead atoms. The Morgan fingerprint density at radius 2 is 2.15 bits per heavy atom. The molecule has 3 nitrogen and oxygen atoms in total. The van der Waals surface area contributed by atoms with Crippen LogP contribution in [0, 0.1) is 0 Å². The van der Waals surface area contributed by atoms with Crippen LogP contribution in [-0.4, -0.2) is 23.1 Å². The summed E-state index contributed by atoms with van der Waals surface area (Å²) in [6, 6.07) is 7.08. The van der Waals surface area contributed by atoms with E-state index in [2.05, 4.69) is 0 Å². The van der Waals surface area contributed by atoms with Crippen molar-refractivity contribution >= 4 is 16.5 Å². The fourth-order valence-electron chi connectivity index (χ4n) is 1.03. The molecule has 1 rings (SSSR count). The molecule has 0 aliphatic carbocycles. The van der Waals surface area contributed by atoms with E-state index in [0.717, 1.165) is 0 Å². The average Bonchev–Trinajstić information content (AvgIpc) is 2.18. The van der Waals surface area contributed by atoms with Gasteiger partial charge in [-0.3, -0.25) is 0 Å². The fraction of sp³-hybridized carbons (Fsp3) is 0.222. The molecule has 0 atom stereocenters. The molecule has 13 heavy (non-hydrogen) atoms. The molecule has 0 aliphatic heterocycles. The van der Waals surface area contributed by atoms with E-state index in [1.165, 1.54) is 0 Å². The lowest BCUT2D eigenvalue weighted by molar-refractivity contribution is 0.0745. The predicted molar refractivity (Wildman–Crippen MR) is 53.0 cm³/mol. The summed E-state index contributed by atoms with van der Waals surface area (Å²) in [6.45, 7) is 2.42. The zero-order valence-electron chi connectivity index (χ0n) is 7.74. The van der Waals surface area contributed by atoms with E-state index in [9.17, 15) is 4.79 Å². The van der Waals surface area contributed by atoms with Crippen molar-refractivity contribution in [2.75, 3.05) is 6.61 Å². The number of rotatable bonds is 3. The number of benzene rings is 1. The minimum absolute atomic E-state index is 0.310. The van der Waals surface area contributed by atoms with Crippen LogP contribution < -0.4 is 4.74 Å². The first-order valence-electron chi connectivity index (χ1n) is 4.09. The Morgan fingerprint density at radius 3 is 2.77 bits per heavy atom. The van der Waals surface area contributed by atoms with E-state index < -0.39 is 0 Å². The zero-order valence-corrected chi connectivity index (χ0v) is 9.74. The molecule has 1 aromatic rings. The highest BCUT2D eigenvalue weighted by Crippen LogP contribution is 2.18. The lowest BCUT2D eigenvalue weighted by Gasteiger charge is -2.07. The summed E-state index contributed by atoms with van der Waals surface area (Å²) in [6.07, 6.45) is 0. The maximum Gasteiger partial charge on any atom is 0.327 e. The third kappa shape index (κ3) is 2.32. The Bertz CT molecular complexity index is 299. The molecule has 0 spiro atoms. The molecule has 4 heteroatoms. The number of para-hydroxylation sites is 1. The summed E-state index contributed by atoms with van der Waals surface area (Å²) in [5.41, 5.74) is 0.499. The average molecular weight is 196 g/mol. The molecular formula is C9H12O3Si. The van der Waals surface area contributed by atoms with Crippen LogP contribution in [0.3, 0.4) is 0 Å². The summed E-state index contributed by atoms with van der Waals surface area (Å²) in [5.74, 6) is 0.279. The highest BCUT2D eigenvalue weighted by atomic mass is 28.2. The third-order valence-electron chi connectivity index (χ3n) is 1.59. The first-order chi connectivity index (χ1) is 6.29. The van der Waals surface area contributed by atoms with Crippen LogP contribution in [0.25, 0.3) is 0 Å². The summed E-state index contributed by atoms with van der Waals surface area (Å²) in [5, 5.41) is 0. The number of hydrogen-bond acceptors (Lipinski definition) is 3. The van der Waals surface area contributed by atoms with Crippen LogP contribution >= 0.6 is 0 Å². The Hall–Kier alpha value is -1.29. The summed E-state index contributed by atoms with van der Waals surface area (Å²) in [4.78, 5) is 11.2. The molecule has 0 N–H and O–H groups in total. The zero-order chi connectivity index (χ0) is 9.68. The summed E-state index contributed by atoms with van der Waals surface area (Å²) in [7, 11) is 0.405. The van der Waals surface area contributed by atoms with Gasteiger partial charge < -0.3 is 9.16 Å². The van der Waals surface area contributed by atoms with Gasteiger partial charge in [0, 0.05) is 0 Å². The van der Waals surface area contributed by atoms with Crippen LogP contribution in [0.4, 0.5) is 0 Å². The van der Waals surface area contributed by atoms with Gasteiger partial charge in [-0.15, -0.1) is 0 Å². The molecule has 70 valence electrons. The lowest BCUT2D eigenvalue weighted by Crippen LogP contribution is -2.05. The quantitative estimate of drug-likeness (QED) is 0.661. The molecule has 0 aromatic heterocycles. The van der Waals surface area contributed by atoms with Gasteiger partial charge in [0.25, 0.3) is 0 Å². The van der Waals surface area contributed by atoms with E-state index in [1.807, 2.05) is 13.0 Å². The first-order valence-corrected chi connectivity index (χ1v) is 4.91. The maximum atomic E-state index is 11.2. The van der Waals surface area contributed by atoms with Crippen molar-refractivity contribution in [1.82, 2.24) is 0 Å². The van der Waals surface area contributed by atoms with Gasteiger partial charge in [-0.05, 0) is 19.1 Å². The molecule has 1 aromatic carbocycles. The van der Waals surface area contributed by atoms with Crippen LogP contribution in [0.2, 0.25) is 0 Å². The highest BCUT2D eigenvalue weighted by molar-refractivity contribution is 6.10. The van der Waals surface area contributed by atoms with Crippen molar-refractivity contribution in [2.24, 2.45) is 0 Å². The number of carbonyl (C=O) groups excluding carboxylic acids is 1. The Kier molecular flexibility index (Phi) is 3.51. The molecule has 0 unspecified atom stereocenters. The van der Waals surface area contributed by atoms with Gasteiger partial charge in [0.05, 0.1) is 6.61 Å². The van der Waals surface area contributed by atoms with E-state index in [0.29, 0.717) is 28.4 Å². The normalized spacial score (nSPS) is 9.62. The van der Waals surface area contributed by atoms with Gasteiger partial charge in [-0.2, -0.15) is 0 Å². The monoisotopic (exact) mass is 196 g/mol. The minimum Gasteiger partial charge on any atom is -0.525 e. The van der Waals surface area contributed by atoms with Crippen molar-refractivity contribution in [3.8, 4) is 5.75 Å².